The molecule has 1 heterocycles. The normalized spacial score (nSPS) is 13.2. The third kappa shape index (κ3) is 3.52. The van der Waals surface area contributed by atoms with Crippen molar-refractivity contribution in [2.45, 2.75) is 32.9 Å². The lowest BCUT2D eigenvalue weighted by Gasteiger charge is -1.96. The Bertz CT molecular complexity index is 247. The van der Waals surface area contributed by atoms with Crippen molar-refractivity contribution in [3.63, 3.8) is 0 Å². The van der Waals surface area contributed by atoms with E-state index in [1.807, 2.05) is 13.8 Å². The van der Waals surface area contributed by atoms with Crippen LogP contribution in [0.1, 0.15) is 25.6 Å². The first-order valence-electron chi connectivity index (χ1n) is 4.37. The zero-order valence-corrected chi connectivity index (χ0v) is 7.99. The van der Waals surface area contributed by atoms with Gasteiger partial charge in [0.15, 0.2) is 5.82 Å². The van der Waals surface area contributed by atoms with E-state index in [2.05, 4.69) is 10.1 Å². The van der Waals surface area contributed by atoms with E-state index in [0.717, 1.165) is 0 Å². The predicted molar refractivity (Wildman–Crippen MR) is 47.0 cm³/mol. The Labute approximate surface area is 77.3 Å². The predicted octanol–water partition coefficient (Wildman–Crippen LogP) is 0.496. The summed E-state index contributed by atoms with van der Waals surface area (Å²) in [6.07, 6.45) is 0.635. The Morgan fingerprint density at radius 2 is 2.38 bits per heavy atom. The smallest absolute Gasteiger partial charge is 0.252 e. The summed E-state index contributed by atoms with van der Waals surface area (Å²) in [6, 6.07) is 0.0533. The Kier molecular flexibility index (Phi) is 3.85. The van der Waals surface area contributed by atoms with Crippen molar-refractivity contribution < 1.29 is 9.26 Å². The molecule has 0 radical (unpaired) electrons. The van der Waals surface area contributed by atoms with E-state index in [9.17, 15) is 0 Å². The van der Waals surface area contributed by atoms with E-state index in [-0.39, 0.29) is 6.04 Å². The molecule has 0 amide bonds. The average Bonchev–Trinajstić information content (AvgIpc) is 2.48. The third-order valence-corrected chi connectivity index (χ3v) is 1.44. The van der Waals surface area contributed by atoms with Crippen molar-refractivity contribution in [3.8, 4) is 0 Å². The molecule has 0 bridgehead atoms. The van der Waals surface area contributed by atoms with Crippen molar-refractivity contribution in [3.05, 3.63) is 11.7 Å². The Morgan fingerprint density at radius 3 is 3.00 bits per heavy atom. The minimum Gasteiger partial charge on any atom is -0.372 e. The molecular weight excluding hydrogens is 170 g/mol. The second-order valence-corrected chi connectivity index (χ2v) is 2.92. The Hall–Kier alpha value is -0.940. The number of nitrogens with zero attached hydrogens (tertiary/aromatic N) is 2. The van der Waals surface area contributed by atoms with E-state index >= 15 is 0 Å². The van der Waals surface area contributed by atoms with Gasteiger partial charge in [0.25, 0.3) is 5.89 Å². The fraction of sp³-hybridized carbons (Fsp3) is 0.750. The molecule has 0 aliphatic heterocycles. The first-order valence-corrected chi connectivity index (χ1v) is 4.37. The summed E-state index contributed by atoms with van der Waals surface area (Å²) in [5, 5.41) is 3.76. The van der Waals surface area contributed by atoms with Crippen LogP contribution < -0.4 is 5.73 Å². The van der Waals surface area contributed by atoms with Gasteiger partial charge in [-0.3, -0.25) is 0 Å². The molecule has 2 N–H and O–H groups in total. The molecule has 1 aromatic heterocycles. The second-order valence-electron chi connectivity index (χ2n) is 2.92. The maximum atomic E-state index is 5.58. The van der Waals surface area contributed by atoms with Crippen molar-refractivity contribution in [2.75, 3.05) is 6.61 Å². The number of rotatable bonds is 5. The molecule has 0 fully saturated rings. The summed E-state index contributed by atoms with van der Waals surface area (Å²) < 4.78 is 10.0. The van der Waals surface area contributed by atoms with Gasteiger partial charge in [-0.15, -0.1) is 0 Å². The summed E-state index contributed by atoms with van der Waals surface area (Å²) in [6.45, 7) is 4.84. The molecule has 74 valence electrons. The van der Waals surface area contributed by atoms with Gasteiger partial charge in [0.2, 0.25) is 0 Å². The topological polar surface area (TPSA) is 74.2 Å². The first-order chi connectivity index (χ1) is 6.22. The largest absolute Gasteiger partial charge is 0.372 e. The zero-order chi connectivity index (χ0) is 9.68. The van der Waals surface area contributed by atoms with Crippen LogP contribution in [-0.4, -0.2) is 22.8 Å². The van der Waals surface area contributed by atoms with Crippen molar-refractivity contribution in [1.29, 1.82) is 0 Å². The summed E-state index contributed by atoms with van der Waals surface area (Å²) in [5.41, 5.74) is 5.58. The zero-order valence-electron chi connectivity index (χ0n) is 7.99. The molecule has 0 aliphatic carbocycles. The molecule has 1 unspecified atom stereocenters. The molecule has 1 rings (SSSR count). The lowest BCUT2D eigenvalue weighted by atomic mass is 10.2. The summed E-state index contributed by atoms with van der Waals surface area (Å²) in [5.74, 6) is 1.15. The van der Waals surface area contributed by atoms with Crippen LogP contribution in [0.5, 0.6) is 0 Å². The van der Waals surface area contributed by atoms with Crippen LogP contribution in [0.3, 0.4) is 0 Å². The molecule has 5 nitrogen and oxygen atoms in total. The molecule has 0 saturated heterocycles. The van der Waals surface area contributed by atoms with Crippen molar-refractivity contribution in [2.24, 2.45) is 5.73 Å². The number of hydrogen-bond donors (Lipinski definition) is 1. The quantitative estimate of drug-likeness (QED) is 0.722. The number of hydrogen-bond acceptors (Lipinski definition) is 5. The molecule has 0 aromatic carbocycles. The van der Waals surface area contributed by atoms with Gasteiger partial charge in [-0.25, -0.2) is 0 Å². The van der Waals surface area contributed by atoms with Crippen LogP contribution >= 0.6 is 0 Å². The van der Waals surface area contributed by atoms with E-state index in [1.165, 1.54) is 0 Å². The average molecular weight is 185 g/mol. The maximum Gasteiger partial charge on any atom is 0.252 e. The van der Waals surface area contributed by atoms with Crippen LogP contribution in [0.25, 0.3) is 0 Å². The second kappa shape index (κ2) is 4.94. The van der Waals surface area contributed by atoms with Gasteiger partial charge in [-0.05, 0) is 13.8 Å². The molecule has 1 aromatic rings. The fourth-order valence-electron chi connectivity index (χ4n) is 0.909. The molecule has 0 aliphatic rings. The monoisotopic (exact) mass is 185 g/mol. The lowest BCUT2D eigenvalue weighted by Crippen LogP contribution is -2.18. The van der Waals surface area contributed by atoms with Gasteiger partial charge >= 0.3 is 0 Å². The molecule has 13 heavy (non-hydrogen) atoms. The highest BCUT2D eigenvalue weighted by Crippen LogP contribution is 2.01. The fourth-order valence-corrected chi connectivity index (χ4v) is 0.909. The van der Waals surface area contributed by atoms with Crippen molar-refractivity contribution >= 4 is 0 Å². The van der Waals surface area contributed by atoms with E-state index in [0.29, 0.717) is 31.3 Å². The van der Waals surface area contributed by atoms with E-state index < -0.39 is 0 Å². The highest BCUT2D eigenvalue weighted by Gasteiger charge is 2.07. The summed E-state index contributed by atoms with van der Waals surface area (Å²) in [4.78, 5) is 4.11. The molecule has 0 spiro atoms. The van der Waals surface area contributed by atoms with Gasteiger partial charge in [-0.1, -0.05) is 5.16 Å². The van der Waals surface area contributed by atoms with Gasteiger partial charge in [0.1, 0.15) is 6.61 Å². The highest BCUT2D eigenvalue weighted by molar-refractivity contribution is 4.87. The molecule has 5 heteroatoms. The van der Waals surface area contributed by atoms with Crippen LogP contribution in [0.2, 0.25) is 0 Å². The van der Waals surface area contributed by atoms with Crippen LogP contribution in [0, 0.1) is 0 Å². The SMILES string of the molecule is CCOCc1nc(CC(C)N)no1. The van der Waals surface area contributed by atoms with Gasteiger partial charge in [0, 0.05) is 19.1 Å². The van der Waals surface area contributed by atoms with Crippen LogP contribution in [-0.2, 0) is 17.8 Å². The minimum absolute atomic E-state index is 0.0533. The number of ether oxygens (including phenoxy) is 1. The van der Waals surface area contributed by atoms with E-state index in [1.54, 1.807) is 0 Å². The van der Waals surface area contributed by atoms with Gasteiger partial charge in [0.05, 0.1) is 0 Å². The van der Waals surface area contributed by atoms with Gasteiger partial charge in [-0.2, -0.15) is 4.98 Å². The van der Waals surface area contributed by atoms with Crippen LogP contribution in [0.15, 0.2) is 4.52 Å². The molecule has 1 atom stereocenters. The lowest BCUT2D eigenvalue weighted by molar-refractivity contribution is 0.109. The summed E-state index contributed by atoms with van der Waals surface area (Å²) >= 11 is 0. The first kappa shape index (κ1) is 10.1. The maximum absolute atomic E-state index is 5.58. The van der Waals surface area contributed by atoms with Gasteiger partial charge < -0.3 is 15.0 Å². The van der Waals surface area contributed by atoms with E-state index in [4.69, 9.17) is 15.0 Å². The minimum atomic E-state index is 0.0533. The number of nitrogens with two attached hydrogens (primary N) is 1. The highest BCUT2D eigenvalue weighted by atomic mass is 16.5. The standard InChI is InChI=1S/C8H15N3O2/c1-3-12-5-8-10-7(11-13-8)4-6(2)9/h6H,3-5,9H2,1-2H3. The molecular formula is C8H15N3O2. The third-order valence-electron chi connectivity index (χ3n) is 1.44. The summed E-state index contributed by atoms with van der Waals surface area (Å²) in [7, 11) is 0. The molecule has 0 saturated carbocycles. The van der Waals surface area contributed by atoms with Crippen molar-refractivity contribution in [1.82, 2.24) is 10.1 Å². The number of aromatic nitrogens is 2. The Balaban J connectivity index is 2.44. The Morgan fingerprint density at radius 1 is 1.62 bits per heavy atom. The van der Waals surface area contributed by atoms with Crippen LogP contribution in [0.4, 0.5) is 0 Å².